The lowest BCUT2D eigenvalue weighted by Crippen LogP contribution is -2.42. The third-order valence-corrected chi connectivity index (χ3v) is 4.59. The highest BCUT2D eigenvalue weighted by Crippen LogP contribution is 2.23. The minimum atomic E-state index is -3.83. The molecule has 0 aliphatic heterocycles. The van der Waals surface area contributed by atoms with E-state index in [0.717, 1.165) is 10.1 Å². The highest BCUT2D eigenvalue weighted by atomic mass is 32.2. The van der Waals surface area contributed by atoms with Crippen molar-refractivity contribution < 1.29 is 13.2 Å². The van der Waals surface area contributed by atoms with Crippen molar-refractivity contribution in [2.75, 3.05) is 0 Å². The second-order valence-electron chi connectivity index (χ2n) is 4.35. The van der Waals surface area contributed by atoms with Gasteiger partial charge in [0.2, 0.25) is 0 Å². The van der Waals surface area contributed by atoms with Gasteiger partial charge in [-0.25, -0.2) is 17.9 Å². The summed E-state index contributed by atoms with van der Waals surface area (Å²) in [6, 6.07) is 5.83. The average molecular weight is 298 g/mol. The summed E-state index contributed by atoms with van der Waals surface area (Å²) in [5, 5.41) is 5.35. The molecule has 102 valence electrons. The Balaban J connectivity index is 2.25. The first-order valence-corrected chi connectivity index (χ1v) is 8.05. The van der Waals surface area contributed by atoms with Gasteiger partial charge in [0.1, 0.15) is 0 Å². The fourth-order valence-electron chi connectivity index (χ4n) is 1.57. The summed E-state index contributed by atoms with van der Waals surface area (Å²) in [5.74, 6) is 0. The molecule has 0 atom stereocenters. The Kier molecular flexibility index (Phi) is 3.77. The SMILES string of the molecule is CC(C)NC(=O)NS(=O)(=O)c1ccc2ccsc2c1. The van der Waals surface area contributed by atoms with E-state index >= 15 is 0 Å². The van der Waals surface area contributed by atoms with Crippen LogP contribution in [0.1, 0.15) is 13.8 Å². The highest BCUT2D eigenvalue weighted by molar-refractivity contribution is 7.90. The molecule has 0 saturated carbocycles. The zero-order chi connectivity index (χ0) is 14.0. The van der Waals surface area contributed by atoms with Crippen molar-refractivity contribution in [3.63, 3.8) is 0 Å². The Morgan fingerprint density at radius 2 is 2.00 bits per heavy atom. The number of carbonyl (C=O) groups is 1. The van der Waals surface area contributed by atoms with Gasteiger partial charge in [-0.1, -0.05) is 6.07 Å². The Morgan fingerprint density at radius 3 is 2.68 bits per heavy atom. The maximum Gasteiger partial charge on any atom is 0.328 e. The summed E-state index contributed by atoms with van der Waals surface area (Å²) in [6.07, 6.45) is 0. The quantitative estimate of drug-likeness (QED) is 0.913. The van der Waals surface area contributed by atoms with Gasteiger partial charge in [0.05, 0.1) is 4.90 Å². The molecule has 2 amide bonds. The van der Waals surface area contributed by atoms with Gasteiger partial charge in [-0.2, -0.15) is 0 Å². The van der Waals surface area contributed by atoms with Gasteiger partial charge < -0.3 is 5.32 Å². The number of hydrogen-bond acceptors (Lipinski definition) is 4. The van der Waals surface area contributed by atoms with E-state index in [0.29, 0.717) is 0 Å². The van der Waals surface area contributed by atoms with Gasteiger partial charge >= 0.3 is 6.03 Å². The molecular weight excluding hydrogens is 284 g/mol. The van der Waals surface area contributed by atoms with Crippen molar-refractivity contribution in [2.45, 2.75) is 24.8 Å². The second-order valence-corrected chi connectivity index (χ2v) is 6.98. The number of sulfonamides is 1. The number of carbonyl (C=O) groups excluding carboxylic acids is 1. The van der Waals surface area contributed by atoms with E-state index in [2.05, 4.69) is 5.32 Å². The summed E-state index contributed by atoms with van der Waals surface area (Å²) >= 11 is 1.45. The van der Waals surface area contributed by atoms with Crippen molar-refractivity contribution in [1.29, 1.82) is 0 Å². The van der Waals surface area contributed by atoms with Gasteiger partial charge in [0.15, 0.2) is 0 Å². The van der Waals surface area contributed by atoms with Gasteiger partial charge in [-0.05, 0) is 42.8 Å². The van der Waals surface area contributed by atoms with E-state index in [9.17, 15) is 13.2 Å². The Labute approximate surface area is 115 Å². The van der Waals surface area contributed by atoms with Crippen LogP contribution in [0.25, 0.3) is 10.1 Å². The van der Waals surface area contributed by atoms with Crippen molar-refractivity contribution >= 4 is 37.5 Å². The Morgan fingerprint density at radius 1 is 1.26 bits per heavy atom. The zero-order valence-electron chi connectivity index (χ0n) is 10.5. The first kappa shape index (κ1) is 13.8. The van der Waals surface area contributed by atoms with Crippen molar-refractivity contribution in [3.05, 3.63) is 29.6 Å². The molecule has 2 aromatic rings. The molecular formula is C12H14N2O3S2. The van der Waals surface area contributed by atoms with Crippen molar-refractivity contribution in [1.82, 2.24) is 10.0 Å². The van der Waals surface area contributed by atoms with Gasteiger partial charge in [-0.3, -0.25) is 0 Å². The molecule has 7 heteroatoms. The Hall–Kier alpha value is -1.60. The van der Waals surface area contributed by atoms with E-state index in [4.69, 9.17) is 0 Å². The first-order chi connectivity index (χ1) is 8.88. The lowest BCUT2D eigenvalue weighted by Gasteiger charge is -2.10. The molecule has 0 aliphatic rings. The molecule has 1 aromatic carbocycles. The monoisotopic (exact) mass is 298 g/mol. The molecule has 0 radical (unpaired) electrons. The predicted molar refractivity (Wildman–Crippen MR) is 75.8 cm³/mol. The minimum absolute atomic E-state index is 0.0846. The van der Waals surface area contributed by atoms with Crippen LogP contribution in [0.2, 0.25) is 0 Å². The van der Waals surface area contributed by atoms with Crippen LogP contribution in [0, 0.1) is 0 Å². The van der Waals surface area contributed by atoms with E-state index in [1.807, 2.05) is 16.2 Å². The van der Waals surface area contributed by atoms with Crippen LogP contribution in [0.4, 0.5) is 4.79 Å². The summed E-state index contributed by atoms with van der Waals surface area (Å²) in [4.78, 5) is 11.5. The normalized spacial score (nSPS) is 11.7. The van der Waals surface area contributed by atoms with E-state index in [1.54, 1.807) is 26.0 Å². The number of hydrogen-bond donors (Lipinski definition) is 2. The molecule has 0 unspecified atom stereocenters. The van der Waals surface area contributed by atoms with Gasteiger partial charge in [0.25, 0.3) is 10.0 Å². The van der Waals surface area contributed by atoms with Crippen LogP contribution in [0.5, 0.6) is 0 Å². The lowest BCUT2D eigenvalue weighted by atomic mass is 10.3. The molecule has 2 rings (SSSR count). The molecule has 19 heavy (non-hydrogen) atoms. The Bertz CT molecular complexity index is 705. The highest BCUT2D eigenvalue weighted by Gasteiger charge is 2.18. The number of thiophene rings is 1. The van der Waals surface area contributed by atoms with E-state index in [-0.39, 0.29) is 10.9 Å². The third kappa shape index (κ3) is 3.24. The number of rotatable bonds is 3. The molecule has 5 nitrogen and oxygen atoms in total. The van der Waals surface area contributed by atoms with Crippen LogP contribution in [-0.4, -0.2) is 20.5 Å². The molecule has 0 fully saturated rings. The lowest BCUT2D eigenvalue weighted by molar-refractivity contribution is 0.243. The molecule has 1 heterocycles. The third-order valence-electron chi connectivity index (χ3n) is 2.38. The number of nitrogens with one attached hydrogen (secondary N) is 2. The maximum absolute atomic E-state index is 12.0. The van der Waals surface area contributed by atoms with Crippen LogP contribution < -0.4 is 10.0 Å². The fourth-order valence-corrected chi connectivity index (χ4v) is 3.42. The molecule has 0 aliphatic carbocycles. The first-order valence-electron chi connectivity index (χ1n) is 5.69. The number of benzene rings is 1. The van der Waals surface area contributed by atoms with Gasteiger partial charge in [0, 0.05) is 10.7 Å². The summed E-state index contributed by atoms with van der Waals surface area (Å²) in [7, 11) is -3.83. The van der Waals surface area contributed by atoms with Crippen molar-refractivity contribution in [3.8, 4) is 0 Å². The fraction of sp³-hybridized carbons (Fsp3) is 0.250. The van der Waals surface area contributed by atoms with Crippen LogP contribution in [0.3, 0.4) is 0 Å². The predicted octanol–water partition coefficient (Wildman–Crippen LogP) is 2.30. The molecule has 2 N–H and O–H groups in total. The number of fused-ring (bicyclic) bond motifs is 1. The standard InChI is InChI=1S/C12H14N2O3S2/c1-8(2)13-12(15)14-19(16,17)10-4-3-9-5-6-18-11(9)7-10/h3-8H,1-2H3,(H2,13,14,15). The molecule has 0 saturated heterocycles. The number of urea groups is 1. The molecule has 0 spiro atoms. The summed E-state index contributed by atoms with van der Waals surface area (Å²) < 4.78 is 26.9. The molecule has 1 aromatic heterocycles. The van der Waals surface area contributed by atoms with Crippen LogP contribution >= 0.6 is 11.3 Å². The van der Waals surface area contributed by atoms with E-state index in [1.165, 1.54) is 17.4 Å². The zero-order valence-corrected chi connectivity index (χ0v) is 12.1. The van der Waals surface area contributed by atoms with Crippen molar-refractivity contribution in [2.24, 2.45) is 0 Å². The van der Waals surface area contributed by atoms with Gasteiger partial charge in [-0.15, -0.1) is 11.3 Å². The maximum atomic E-state index is 12.0. The smallest absolute Gasteiger partial charge is 0.328 e. The second kappa shape index (κ2) is 5.18. The minimum Gasteiger partial charge on any atom is -0.335 e. The molecule has 0 bridgehead atoms. The topological polar surface area (TPSA) is 75.3 Å². The van der Waals surface area contributed by atoms with E-state index < -0.39 is 16.1 Å². The van der Waals surface area contributed by atoms with Crippen LogP contribution in [-0.2, 0) is 10.0 Å². The average Bonchev–Trinajstić information content (AvgIpc) is 2.73. The van der Waals surface area contributed by atoms with Crippen LogP contribution in [0.15, 0.2) is 34.5 Å². The number of amides is 2. The summed E-state index contributed by atoms with van der Waals surface area (Å²) in [6.45, 7) is 3.51. The summed E-state index contributed by atoms with van der Waals surface area (Å²) in [5.41, 5.74) is 0. The largest absolute Gasteiger partial charge is 0.335 e.